The quantitative estimate of drug-likeness (QED) is 0.796. The van der Waals surface area contributed by atoms with Crippen LogP contribution in [0.3, 0.4) is 0 Å². The standard InChI is InChI=1S/C15H32N2O3Si/c1-14(2,3)19-13(18)17-9-11(16)12(10-17)20-21(7,8)15(4,5)6/h11-12H,9-10,16H2,1-8H3/t11-,12+/m1/s1. The number of amides is 1. The van der Waals surface area contributed by atoms with Crippen LogP contribution in [0, 0.1) is 0 Å². The van der Waals surface area contributed by atoms with Crippen molar-refractivity contribution in [3.8, 4) is 0 Å². The maximum absolute atomic E-state index is 12.1. The molecule has 1 amide bonds. The highest BCUT2D eigenvalue weighted by Crippen LogP contribution is 2.38. The van der Waals surface area contributed by atoms with E-state index in [1.165, 1.54) is 0 Å². The van der Waals surface area contributed by atoms with Gasteiger partial charge in [0.15, 0.2) is 8.32 Å². The molecule has 2 atom stereocenters. The van der Waals surface area contributed by atoms with Gasteiger partial charge >= 0.3 is 6.09 Å². The molecule has 1 aliphatic rings. The van der Waals surface area contributed by atoms with Crippen LogP contribution in [0.2, 0.25) is 18.1 Å². The van der Waals surface area contributed by atoms with Gasteiger partial charge in [0.1, 0.15) is 5.60 Å². The zero-order valence-corrected chi connectivity index (χ0v) is 15.8. The van der Waals surface area contributed by atoms with E-state index in [0.29, 0.717) is 13.1 Å². The molecule has 0 spiro atoms. The molecule has 1 heterocycles. The third kappa shape index (κ3) is 4.97. The SMILES string of the molecule is CC(C)(C)OC(=O)N1C[C@@H](N)[C@@H](O[Si](C)(C)C(C)(C)C)C1. The number of hydrogen-bond acceptors (Lipinski definition) is 4. The Morgan fingerprint density at radius 2 is 1.67 bits per heavy atom. The van der Waals surface area contributed by atoms with Gasteiger partial charge in [0.25, 0.3) is 0 Å². The zero-order valence-electron chi connectivity index (χ0n) is 14.8. The third-order valence-corrected chi connectivity index (χ3v) is 8.72. The summed E-state index contributed by atoms with van der Waals surface area (Å²) in [7, 11) is -1.88. The van der Waals surface area contributed by atoms with E-state index in [9.17, 15) is 4.79 Å². The van der Waals surface area contributed by atoms with E-state index < -0.39 is 13.9 Å². The van der Waals surface area contributed by atoms with Crippen LogP contribution in [-0.2, 0) is 9.16 Å². The molecular formula is C15H32N2O3Si. The zero-order chi connectivity index (χ0) is 16.6. The molecule has 6 heteroatoms. The average Bonchev–Trinajstić information content (AvgIpc) is 2.55. The number of ether oxygens (including phenoxy) is 1. The minimum atomic E-state index is -1.88. The summed E-state index contributed by atoms with van der Waals surface area (Å²) in [6.45, 7) is 17.6. The van der Waals surface area contributed by atoms with Crippen molar-refractivity contribution in [1.82, 2.24) is 4.90 Å². The van der Waals surface area contributed by atoms with Crippen molar-refractivity contribution >= 4 is 14.4 Å². The van der Waals surface area contributed by atoms with Crippen molar-refractivity contribution in [2.75, 3.05) is 13.1 Å². The Hall–Kier alpha value is -0.593. The van der Waals surface area contributed by atoms with Crippen LogP contribution in [0.15, 0.2) is 0 Å². The second-order valence-corrected chi connectivity index (χ2v) is 13.2. The summed E-state index contributed by atoms with van der Waals surface area (Å²) in [5.41, 5.74) is 5.68. The van der Waals surface area contributed by atoms with Gasteiger partial charge in [-0.1, -0.05) is 20.8 Å². The fourth-order valence-corrected chi connectivity index (χ4v) is 3.31. The van der Waals surface area contributed by atoms with Gasteiger partial charge in [0.05, 0.1) is 12.6 Å². The summed E-state index contributed by atoms with van der Waals surface area (Å²) >= 11 is 0. The first-order chi connectivity index (χ1) is 9.23. The first kappa shape index (κ1) is 18.5. The summed E-state index contributed by atoms with van der Waals surface area (Å²) in [4.78, 5) is 13.8. The van der Waals surface area contributed by atoms with E-state index in [2.05, 4.69) is 33.9 Å². The van der Waals surface area contributed by atoms with Crippen LogP contribution in [-0.4, -0.2) is 50.1 Å². The summed E-state index contributed by atoms with van der Waals surface area (Å²) in [6, 6.07) is -0.147. The minimum Gasteiger partial charge on any atom is -0.444 e. The maximum atomic E-state index is 12.1. The normalized spacial score (nSPS) is 24.3. The lowest BCUT2D eigenvalue weighted by Gasteiger charge is -2.39. The molecule has 0 saturated carbocycles. The molecule has 2 N–H and O–H groups in total. The van der Waals surface area contributed by atoms with Gasteiger partial charge in [-0.3, -0.25) is 0 Å². The molecule has 0 aliphatic carbocycles. The Labute approximate surface area is 130 Å². The monoisotopic (exact) mass is 316 g/mol. The molecule has 0 unspecified atom stereocenters. The Kier molecular flexibility index (Phi) is 5.18. The molecule has 0 aromatic carbocycles. The second kappa shape index (κ2) is 5.89. The van der Waals surface area contributed by atoms with E-state index in [-0.39, 0.29) is 23.3 Å². The van der Waals surface area contributed by atoms with Crippen LogP contribution in [0.4, 0.5) is 4.79 Å². The Bertz CT molecular complexity index is 385. The van der Waals surface area contributed by atoms with E-state index in [1.807, 2.05) is 20.8 Å². The van der Waals surface area contributed by atoms with E-state index in [4.69, 9.17) is 14.9 Å². The molecule has 1 rings (SSSR count). The predicted molar refractivity (Wildman–Crippen MR) is 87.9 cm³/mol. The van der Waals surface area contributed by atoms with Crippen molar-refractivity contribution in [3.05, 3.63) is 0 Å². The largest absolute Gasteiger partial charge is 0.444 e. The van der Waals surface area contributed by atoms with Gasteiger partial charge < -0.3 is 19.8 Å². The van der Waals surface area contributed by atoms with Crippen LogP contribution in [0.5, 0.6) is 0 Å². The molecular weight excluding hydrogens is 284 g/mol. The first-order valence-electron chi connectivity index (χ1n) is 7.64. The maximum Gasteiger partial charge on any atom is 0.410 e. The fraction of sp³-hybridized carbons (Fsp3) is 0.933. The molecule has 1 fully saturated rings. The van der Waals surface area contributed by atoms with Crippen LogP contribution >= 0.6 is 0 Å². The molecule has 0 radical (unpaired) electrons. The summed E-state index contributed by atoms with van der Waals surface area (Å²) in [5.74, 6) is 0. The van der Waals surface area contributed by atoms with Gasteiger partial charge in [-0.05, 0) is 38.9 Å². The topological polar surface area (TPSA) is 64.8 Å². The Morgan fingerprint density at radius 1 is 1.14 bits per heavy atom. The lowest BCUT2D eigenvalue weighted by Crippen LogP contribution is -2.48. The van der Waals surface area contributed by atoms with Gasteiger partial charge in [0, 0.05) is 12.6 Å². The highest BCUT2D eigenvalue weighted by atomic mass is 28.4. The second-order valence-electron chi connectivity index (χ2n) is 8.47. The number of carbonyl (C=O) groups excluding carboxylic acids is 1. The molecule has 1 aliphatic heterocycles. The third-order valence-electron chi connectivity index (χ3n) is 4.21. The summed E-state index contributed by atoms with van der Waals surface area (Å²) < 4.78 is 11.8. The van der Waals surface area contributed by atoms with Crippen molar-refractivity contribution in [3.63, 3.8) is 0 Å². The Morgan fingerprint density at radius 3 is 2.10 bits per heavy atom. The fourth-order valence-electron chi connectivity index (χ4n) is 1.95. The highest BCUT2D eigenvalue weighted by Gasteiger charge is 2.44. The number of nitrogens with two attached hydrogens (primary N) is 1. The number of nitrogens with zero attached hydrogens (tertiary/aromatic N) is 1. The molecule has 124 valence electrons. The average molecular weight is 317 g/mol. The van der Waals surface area contributed by atoms with Gasteiger partial charge in [-0.15, -0.1) is 0 Å². The lowest BCUT2D eigenvalue weighted by atomic mass is 10.2. The van der Waals surface area contributed by atoms with Crippen LogP contribution in [0.25, 0.3) is 0 Å². The molecule has 5 nitrogen and oxygen atoms in total. The predicted octanol–water partition coefficient (Wildman–Crippen LogP) is 2.95. The number of hydrogen-bond donors (Lipinski definition) is 1. The number of carbonyl (C=O) groups is 1. The lowest BCUT2D eigenvalue weighted by molar-refractivity contribution is 0.0272. The molecule has 0 aromatic heterocycles. The van der Waals surface area contributed by atoms with Crippen LogP contribution in [0.1, 0.15) is 41.5 Å². The van der Waals surface area contributed by atoms with Crippen molar-refractivity contribution in [2.45, 2.75) is 77.4 Å². The van der Waals surface area contributed by atoms with E-state index in [1.54, 1.807) is 4.90 Å². The van der Waals surface area contributed by atoms with Crippen molar-refractivity contribution in [1.29, 1.82) is 0 Å². The smallest absolute Gasteiger partial charge is 0.410 e. The molecule has 21 heavy (non-hydrogen) atoms. The van der Waals surface area contributed by atoms with E-state index in [0.717, 1.165) is 0 Å². The minimum absolute atomic E-state index is 0.0987. The summed E-state index contributed by atoms with van der Waals surface area (Å²) in [5, 5.41) is 0.131. The number of rotatable bonds is 2. The first-order valence-corrected chi connectivity index (χ1v) is 10.5. The summed E-state index contributed by atoms with van der Waals surface area (Å²) in [6.07, 6.45) is -0.405. The van der Waals surface area contributed by atoms with E-state index >= 15 is 0 Å². The highest BCUT2D eigenvalue weighted by molar-refractivity contribution is 6.74. The Balaban J connectivity index is 2.67. The van der Waals surface area contributed by atoms with Gasteiger partial charge in [-0.2, -0.15) is 0 Å². The van der Waals surface area contributed by atoms with Gasteiger partial charge in [0.2, 0.25) is 0 Å². The molecule has 1 saturated heterocycles. The van der Waals surface area contributed by atoms with Crippen molar-refractivity contribution in [2.24, 2.45) is 5.73 Å². The number of likely N-dealkylation sites (tertiary alicyclic amines) is 1. The van der Waals surface area contributed by atoms with Gasteiger partial charge in [-0.25, -0.2) is 4.79 Å². The molecule has 0 aromatic rings. The molecule has 0 bridgehead atoms. The van der Waals surface area contributed by atoms with Crippen molar-refractivity contribution < 1.29 is 14.0 Å². The van der Waals surface area contributed by atoms with Crippen LogP contribution < -0.4 is 5.73 Å².